The van der Waals surface area contributed by atoms with Gasteiger partial charge in [-0.2, -0.15) is 0 Å². The van der Waals surface area contributed by atoms with E-state index in [0.29, 0.717) is 6.54 Å². The van der Waals surface area contributed by atoms with E-state index in [4.69, 9.17) is 11.2 Å². The van der Waals surface area contributed by atoms with Crippen LogP contribution in [0.3, 0.4) is 0 Å². The average molecular weight is 279 g/mol. The Morgan fingerprint density at radius 2 is 1.71 bits per heavy atom. The first-order chi connectivity index (χ1) is 10.3. The van der Waals surface area contributed by atoms with Crippen LogP contribution < -0.4 is 10.1 Å². The second-order valence-electron chi connectivity index (χ2n) is 5.07. The smallest absolute Gasteiger partial charge is 0.119 e. The molecular weight excluding hydrogens is 258 g/mol. The summed E-state index contributed by atoms with van der Waals surface area (Å²) in [5, 5.41) is 3.14. The van der Waals surface area contributed by atoms with Gasteiger partial charge in [-0.05, 0) is 36.6 Å². The van der Waals surface area contributed by atoms with Gasteiger partial charge in [-0.25, -0.2) is 0 Å². The molecule has 108 valence electrons. The molecule has 0 aliphatic heterocycles. The Morgan fingerprint density at radius 3 is 2.38 bits per heavy atom. The Bertz CT molecular complexity index is 569. The molecule has 1 N–H and O–H groups in total. The van der Waals surface area contributed by atoms with Crippen LogP contribution in [-0.2, 0) is 6.42 Å². The van der Waals surface area contributed by atoms with Crippen molar-refractivity contribution in [1.82, 2.24) is 5.32 Å². The molecule has 0 saturated carbocycles. The molecule has 1 atom stereocenters. The highest BCUT2D eigenvalue weighted by Gasteiger charge is 2.03. The van der Waals surface area contributed by atoms with Crippen molar-refractivity contribution in [2.24, 2.45) is 0 Å². The van der Waals surface area contributed by atoms with Gasteiger partial charge in [-0.15, -0.1) is 6.42 Å². The van der Waals surface area contributed by atoms with Crippen molar-refractivity contribution in [2.75, 3.05) is 13.1 Å². The van der Waals surface area contributed by atoms with Gasteiger partial charge in [0.25, 0.3) is 0 Å². The lowest BCUT2D eigenvalue weighted by atomic mass is 10.1. The molecule has 0 saturated heterocycles. The summed E-state index contributed by atoms with van der Waals surface area (Å²) in [4.78, 5) is 0. The molecular formula is C19H21NO. The average Bonchev–Trinajstić information content (AvgIpc) is 2.51. The Hall–Kier alpha value is -2.24. The van der Waals surface area contributed by atoms with E-state index < -0.39 is 0 Å². The number of nitrogens with one attached hydrogen (secondary N) is 1. The van der Waals surface area contributed by atoms with Gasteiger partial charge in [0.2, 0.25) is 0 Å². The van der Waals surface area contributed by atoms with Crippen LogP contribution in [0.15, 0.2) is 54.6 Å². The molecule has 0 aromatic heterocycles. The van der Waals surface area contributed by atoms with E-state index in [9.17, 15) is 0 Å². The minimum Gasteiger partial charge on any atom is -0.489 e. The summed E-state index contributed by atoms with van der Waals surface area (Å²) in [6.07, 6.45) is 6.23. The number of ether oxygens (including phenoxy) is 1. The van der Waals surface area contributed by atoms with Crippen LogP contribution in [0.25, 0.3) is 0 Å². The summed E-state index contributed by atoms with van der Waals surface area (Å²) in [6, 6.07) is 18.7. The van der Waals surface area contributed by atoms with Crippen LogP contribution >= 0.6 is 0 Å². The van der Waals surface area contributed by atoms with Gasteiger partial charge in [0.05, 0.1) is 6.54 Å². The second kappa shape index (κ2) is 8.14. The Balaban J connectivity index is 1.86. The molecule has 0 amide bonds. The molecule has 0 aliphatic rings. The zero-order valence-electron chi connectivity index (χ0n) is 12.4. The molecule has 0 bridgehead atoms. The summed E-state index contributed by atoms with van der Waals surface area (Å²) < 4.78 is 5.84. The predicted octanol–water partition coefficient (Wildman–Crippen LogP) is 3.27. The fourth-order valence-electron chi connectivity index (χ4n) is 2.14. The standard InChI is InChI=1S/C19H21NO/c1-3-13-20-15-16(2)21-19-11-9-18(10-12-19)14-17-7-5-4-6-8-17/h1,4-12,16,20H,13-15H2,2H3. The summed E-state index contributed by atoms with van der Waals surface area (Å²) in [5.74, 6) is 3.44. The van der Waals surface area contributed by atoms with Crippen molar-refractivity contribution in [3.63, 3.8) is 0 Å². The second-order valence-corrected chi connectivity index (χ2v) is 5.07. The van der Waals surface area contributed by atoms with Gasteiger partial charge in [-0.3, -0.25) is 0 Å². The van der Waals surface area contributed by atoms with E-state index >= 15 is 0 Å². The molecule has 21 heavy (non-hydrogen) atoms. The first-order valence-electron chi connectivity index (χ1n) is 7.21. The molecule has 2 aromatic carbocycles. The van der Waals surface area contributed by atoms with E-state index in [-0.39, 0.29) is 6.10 Å². The number of hydrogen-bond acceptors (Lipinski definition) is 2. The maximum Gasteiger partial charge on any atom is 0.119 e. The van der Waals surface area contributed by atoms with Gasteiger partial charge >= 0.3 is 0 Å². The minimum atomic E-state index is 0.0957. The lowest BCUT2D eigenvalue weighted by Crippen LogP contribution is -2.29. The number of rotatable bonds is 7. The highest BCUT2D eigenvalue weighted by atomic mass is 16.5. The third-order valence-electron chi connectivity index (χ3n) is 3.17. The Labute approximate surface area is 127 Å². The van der Waals surface area contributed by atoms with Crippen LogP contribution in [0, 0.1) is 12.3 Å². The molecule has 0 aliphatic carbocycles. The topological polar surface area (TPSA) is 21.3 Å². The van der Waals surface area contributed by atoms with Gasteiger partial charge in [0, 0.05) is 6.54 Å². The van der Waals surface area contributed by atoms with Crippen molar-refractivity contribution in [3.8, 4) is 18.1 Å². The molecule has 1 unspecified atom stereocenters. The minimum absolute atomic E-state index is 0.0957. The zero-order chi connectivity index (χ0) is 14.9. The van der Waals surface area contributed by atoms with Gasteiger partial charge in [0.1, 0.15) is 11.9 Å². The van der Waals surface area contributed by atoms with Gasteiger partial charge in [0.15, 0.2) is 0 Å². The van der Waals surface area contributed by atoms with Crippen molar-refractivity contribution >= 4 is 0 Å². The Kier molecular flexibility index (Phi) is 5.87. The van der Waals surface area contributed by atoms with Gasteiger partial charge in [-0.1, -0.05) is 48.4 Å². The highest BCUT2D eigenvalue weighted by Crippen LogP contribution is 2.16. The molecule has 0 heterocycles. The maximum atomic E-state index is 5.84. The normalized spacial score (nSPS) is 11.6. The molecule has 2 rings (SSSR count). The molecule has 0 spiro atoms. The first kappa shape index (κ1) is 15.2. The molecule has 0 fully saturated rings. The monoisotopic (exact) mass is 279 g/mol. The lowest BCUT2D eigenvalue weighted by molar-refractivity contribution is 0.219. The highest BCUT2D eigenvalue weighted by molar-refractivity contribution is 5.31. The summed E-state index contributed by atoms with van der Waals surface area (Å²) in [7, 11) is 0. The van der Waals surface area contributed by atoms with E-state index in [1.54, 1.807) is 0 Å². The summed E-state index contributed by atoms with van der Waals surface area (Å²) in [5.41, 5.74) is 2.60. The molecule has 2 nitrogen and oxygen atoms in total. The van der Waals surface area contributed by atoms with Crippen LogP contribution in [0.2, 0.25) is 0 Å². The fourth-order valence-corrected chi connectivity index (χ4v) is 2.14. The Morgan fingerprint density at radius 1 is 1.05 bits per heavy atom. The van der Waals surface area contributed by atoms with Crippen molar-refractivity contribution in [1.29, 1.82) is 0 Å². The third kappa shape index (κ3) is 5.33. The number of hydrogen-bond donors (Lipinski definition) is 1. The van der Waals surface area contributed by atoms with E-state index in [2.05, 4.69) is 47.6 Å². The fraction of sp³-hybridized carbons (Fsp3) is 0.263. The summed E-state index contributed by atoms with van der Waals surface area (Å²) >= 11 is 0. The van der Waals surface area contributed by atoms with E-state index in [1.165, 1.54) is 11.1 Å². The predicted molar refractivity (Wildman–Crippen MR) is 87.5 cm³/mol. The van der Waals surface area contributed by atoms with Crippen LogP contribution in [0.1, 0.15) is 18.1 Å². The van der Waals surface area contributed by atoms with E-state index in [1.807, 2.05) is 25.1 Å². The van der Waals surface area contributed by atoms with Crippen LogP contribution in [-0.4, -0.2) is 19.2 Å². The van der Waals surface area contributed by atoms with Crippen LogP contribution in [0.5, 0.6) is 5.75 Å². The first-order valence-corrected chi connectivity index (χ1v) is 7.21. The molecule has 2 aromatic rings. The van der Waals surface area contributed by atoms with Gasteiger partial charge < -0.3 is 10.1 Å². The summed E-state index contributed by atoms with van der Waals surface area (Å²) in [6.45, 7) is 3.35. The van der Waals surface area contributed by atoms with Crippen molar-refractivity contribution in [2.45, 2.75) is 19.4 Å². The molecule has 2 heteroatoms. The van der Waals surface area contributed by atoms with Crippen molar-refractivity contribution < 1.29 is 4.74 Å². The third-order valence-corrected chi connectivity index (χ3v) is 3.17. The van der Waals surface area contributed by atoms with Crippen molar-refractivity contribution in [3.05, 3.63) is 65.7 Å². The lowest BCUT2D eigenvalue weighted by Gasteiger charge is -2.15. The largest absolute Gasteiger partial charge is 0.489 e. The zero-order valence-corrected chi connectivity index (χ0v) is 12.4. The number of benzene rings is 2. The SMILES string of the molecule is C#CCNCC(C)Oc1ccc(Cc2ccccc2)cc1. The van der Waals surface area contributed by atoms with E-state index in [0.717, 1.165) is 18.7 Å². The molecule has 0 radical (unpaired) electrons. The quantitative estimate of drug-likeness (QED) is 0.620. The maximum absolute atomic E-state index is 5.84. The number of terminal acetylenes is 1. The van der Waals surface area contributed by atoms with Crippen LogP contribution in [0.4, 0.5) is 0 Å².